The van der Waals surface area contributed by atoms with Crippen LogP contribution in [0.2, 0.25) is 0 Å². The minimum absolute atomic E-state index is 0.102. The van der Waals surface area contributed by atoms with Gasteiger partial charge in [0.2, 0.25) is 11.8 Å². The summed E-state index contributed by atoms with van der Waals surface area (Å²) in [7, 11) is 1.88. The van der Waals surface area contributed by atoms with Crippen LogP contribution >= 0.6 is 0 Å². The van der Waals surface area contributed by atoms with Crippen molar-refractivity contribution in [3.63, 3.8) is 0 Å². The standard InChI is InChI=1S/C23H26N2O2/c1-24-15-8-13-23(22(24)27)14-16-25(17-23)21(26)20(18-9-4-2-5-10-18)19-11-6-3-7-12-19/h2-7,9-12,20H,8,13-17H2,1H3. The first-order valence-corrected chi connectivity index (χ1v) is 9.75. The first-order valence-electron chi connectivity index (χ1n) is 9.75. The Morgan fingerprint density at radius 3 is 2.11 bits per heavy atom. The summed E-state index contributed by atoms with van der Waals surface area (Å²) in [5.41, 5.74) is 1.63. The zero-order valence-electron chi connectivity index (χ0n) is 15.8. The van der Waals surface area contributed by atoms with Gasteiger partial charge in [-0.3, -0.25) is 9.59 Å². The van der Waals surface area contributed by atoms with Crippen LogP contribution in [-0.4, -0.2) is 48.3 Å². The molecule has 0 aromatic heterocycles. The average molecular weight is 362 g/mol. The zero-order chi connectivity index (χ0) is 18.9. The maximum absolute atomic E-state index is 13.6. The molecule has 140 valence electrons. The number of carbonyl (C=O) groups excluding carboxylic acids is 2. The van der Waals surface area contributed by atoms with Gasteiger partial charge in [-0.05, 0) is 30.4 Å². The van der Waals surface area contributed by atoms with E-state index in [1.54, 1.807) is 0 Å². The lowest BCUT2D eigenvalue weighted by Crippen LogP contribution is -2.49. The van der Waals surface area contributed by atoms with Gasteiger partial charge in [0.25, 0.3) is 0 Å². The van der Waals surface area contributed by atoms with E-state index in [0.717, 1.165) is 36.9 Å². The van der Waals surface area contributed by atoms with Crippen molar-refractivity contribution in [1.29, 1.82) is 0 Å². The van der Waals surface area contributed by atoms with Gasteiger partial charge in [0, 0.05) is 26.7 Å². The summed E-state index contributed by atoms with van der Waals surface area (Å²) in [6, 6.07) is 19.9. The number of hydrogen-bond donors (Lipinski definition) is 0. The van der Waals surface area contributed by atoms with Crippen molar-refractivity contribution in [3.8, 4) is 0 Å². The molecule has 4 nitrogen and oxygen atoms in total. The van der Waals surface area contributed by atoms with Crippen molar-refractivity contribution in [2.45, 2.75) is 25.2 Å². The number of nitrogens with zero attached hydrogens (tertiary/aromatic N) is 2. The van der Waals surface area contributed by atoms with Crippen LogP contribution in [0.4, 0.5) is 0 Å². The van der Waals surface area contributed by atoms with E-state index in [-0.39, 0.29) is 23.1 Å². The van der Waals surface area contributed by atoms with Crippen LogP contribution in [0.1, 0.15) is 36.3 Å². The fraction of sp³-hybridized carbons (Fsp3) is 0.391. The molecule has 0 N–H and O–H groups in total. The Bertz CT molecular complexity index is 781. The van der Waals surface area contributed by atoms with Crippen molar-refractivity contribution >= 4 is 11.8 Å². The second kappa shape index (κ2) is 7.18. The number of hydrogen-bond acceptors (Lipinski definition) is 2. The van der Waals surface area contributed by atoms with Crippen molar-refractivity contribution in [3.05, 3.63) is 71.8 Å². The zero-order valence-corrected chi connectivity index (χ0v) is 15.8. The van der Waals surface area contributed by atoms with Gasteiger partial charge < -0.3 is 9.80 Å². The Balaban J connectivity index is 1.62. The number of piperidine rings is 1. The largest absolute Gasteiger partial charge is 0.345 e. The Kier molecular flexibility index (Phi) is 4.73. The van der Waals surface area contributed by atoms with Crippen LogP contribution in [0, 0.1) is 5.41 Å². The maximum Gasteiger partial charge on any atom is 0.234 e. The predicted octanol–water partition coefficient (Wildman–Crippen LogP) is 3.29. The van der Waals surface area contributed by atoms with Crippen molar-refractivity contribution < 1.29 is 9.59 Å². The quantitative estimate of drug-likeness (QED) is 0.841. The molecule has 0 aliphatic carbocycles. The van der Waals surface area contributed by atoms with E-state index in [9.17, 15) is 9.59 Å². The van der Waals surface area contributed by atoms with E-state index < -0.39 is 0 Å². The Morgan fingerprint density at radius 1 is 0.926 bits per heavy atom. The third-order valence-electron chi connectivity index (χ3n) is 6.13. The third-order valence-corrected chi connectivity index (χ3v) is 6.13. The van der Waals surface area contributed by atoms with E-state index in [0.29, 0.717) is 13.1 Å². The van der Waals surface area contributed by atoms with E-state index in [1.165, 1.54) is 0 Å². The molecular weight excluding hydrogens is 336 g/mol. The normalized spacial score (nSPS) is 22.7. The highest BCUT2D eigenvalue weighted by molar-refractivity contribution is 5.90. The van der Waals surface area contributed by atoms with Crippen LogP contribution in [-0.2, 0) is 9.59 Å². The lowest BCUT2D eigenvalue weighted by molar-refractivity contribution is -0.144. The van der Waals surface area contributed by atoms with Gasteiger partial charge in [-0.2, -0.15) is 0 Å². The molecular formula is C23H26N2O2. The number of carbonyl (C=O) groups is 2. The second-order valence-corrected chi connectivity index (χ2v) is 7.87. The summed E-state index contributed by atoms with van der Waals surface area (Å²) in [5, 5.41) is 0. The van der Waals surface area contributed by atoms with Crippen molar-refractivity contribution in [1.82, 2.24) is 9.80 Å². The smallest absolute Gasteiger partial charge is 0.234 e. The lowest BCUT2D eigenvalue weighted by atomic mass is 9.78. The molecule has 2 aromatic carbocycles. The molecule has 0 radical (unpaired) electrons. The van der Waals surface area contributed by atoms with Gasteiger partial charge in [0.1, 0.15) is 0 Å². The monoisotopic (exact) mass is 362 g/mol. The number of benzene rings is 2. The van der Waals surface area contributed by atoms with Crippen LogP contribution in [0.3, 0.4) is 0 Å². The Labute approximate surface area is 160 Å². The van der Waals surface area contributed by atoms with Gasteiger partial charge in [0.15, 0.2) is 0 Å². The molecule has 4 heteroatoms. The molecule has 2 aliphatic heterocycles. The molecule has 27 heavy (non-hydrogen) atoms. The maximum atomic E-state index is 13.6. The summed E-state index contributed by atoms with van der Waals surface area (Å²) >= 11 is 0. The van der Waals surface area contributed by atoms with Crippen LogP contribution in [0.5, 0.6) is 0 Å². The van der Waals surface area contributed by atoms with Crippen LogP contribution < -0.4 is 0 Å². The van der Waals surface area contributed by atoms with E-state index in [1.807, 2.05) is 77.5 Å². The van der Waals surface area contributed by atoms with Crippen LogP contribution in [0.15, 0.2) is 60.7 Å². The molecule has 2 saturated heterocycles. The summed E-state index contributed by atoms with van der Waals surface area (Å²) < 4.78 is 0. The van der Waals surface area contributed by atoms with Gasteiger partial charge in [-0.1, -0.05) is 60.7 Å². The molecule has 2 aromatic rings. The van der Waals surface area contributed by atoms with Crippen molar-refractivity contribution in [2.75, 3.05) is 26.7 Å². The van der Waals surface area contributed by atoms with Gasteiger partial charge in [0.05, 0.1) is 11.3 Å². The summed E-state index contributed by atoms with van der Waals surface area (Å²) in [6.45, 7) is 2.03. The van der Waals surface area contributed by atoms with Crippen molar-refractivity contribution in [2.24, 2.45) is 5.41 Å². The van der Waals surface area contributed by atoms with Gasteiger partial charge in [-0.15, -0.1) is 0 Å². The molecule has 2 heterocycles. The minimum atomic E-state index is -0.374. The lowest BCUT2D eigenvalue weighted by Gasteiger charge is -2.37. The molecule has 1 spiro atoms. The molecule has 2 fully saturated rings. The second-order valence-electron chi connectivity index (χ2n) is 7.87. The van der Waals surface area contributed by atoms with E-state index in [2.05, 4.69) is 0 Å². The molecule has 1 unspecified atom stereocenters. The first kappa shape index (κ1) is 17.8. The summed E-state index contributed by atoms with van der Waals surface area (Å²) in [4.78, 5) is 30.1. The molecule has 2 amide bonds. The Hall–Kier alpha value is -2.62. The highest BCUT2D eigenvalue weighted by atomic mass is 16.2. The molecule has 4 rings (SSSR count). The number of rotatable bonds is 3. The topological polar surface area (TPSA) is 40.6 Å². The molecule has 1 atom stereocenters. The number of amides is 2. The third kappa shape index (κ3) is 3.25. The number of likely N-dealkylation sites (tertiary alicyclic amines) is 2. The fourth-order valence-corrected chi connectivity index (χ4v) is 4.66. The SMILES string of the molecule is CN1CCCC2(CCN(C(=O)C(c3ccccc3)c3ccccc3)C2)C1=O. The molecule has 0 bridgehead atoms. The average Bonchev–Trinajstić information content (AvgIpc) is 3.13. The molecule has 0 saturated carbocycles. The predicted molar refractivity (Wildman–Crippen MR) is 105 cm³/mol. The van der Waals surface area contributed by atoms with Gasteiger partial charge >= 0.3 is 0 Å². The highest BCUT2D eigenvalue weighted by Gasteiger charge is 2.49. The van der Waals surface area contributed by atoms with E-state index >= 15 is 0 Å². The van der Waals surface area contributed by atoms with E-state index in [4.69, 9.17) is 0 Å². The highest BCUT2D eigenvalue weighted by Crippen LogP contribution is 2.41. The summed E-state index contributed by atoms with van der Waals surface area (Å²) in [6.07, 6.45) is 2.69. The summed E-state index contributed by atoms with van der Waals surface area (Å²) in [5.74, 6) is -0.00991. The fourth-order valence-electron chi connectivity index (χ4n) is 4.66. The Morgan fingerprint density at radius 2 is 1.52 bits per heavy atom. The van der Waals surface area contributed by atoms with Gasteiger partial charge in [-0.25, -0.2) is 0 Å². The van der Waals surface area contributed by atoms with Crippen LogP contribution in [0.25, 0.3) is 0 Å². The molecule has 2 aliphatic rings. The minimum Gasteiger partial charge on any atom is -0.345 e. The first-order chi connectivity index (χ1) is 13.1.